The van der Waals surface area contributed by atoms with E-state index in [1.807, 2.05) is 13.8 Å². The minimum Gasteiger partial charge on any atom is -0.321 e. The first kappa shape index (κ1) is 13.0. The van der Waals surface area contributed by atoms with Crippen LogP contribution in [0.3, 0.4) is 0 Å². The molecule has 4 nitrogen and oxygen atoms in total. The van der Waals surface area contributed by atoms with E-state index in [0.29, 0.717) is 10.9 Å². The van der Waals surface area contributed by atoms with Gasteiger partial charge in [-0.2, -0.15) is 0 Å². The van der Waals surface area contributed by atoms with Crippen molar-refractivity contribution < 1.29 is 8.42 Å². The smallest absolute Gasteiger partial charge is 0.153 e. The Kier molecular flexibility index (Phi) is 3.08. The zero-order chi connectivity index (χ0) is 12.8. The molecule has 96 valence electrons. The molecule has 1 aliphatic carbocycles. The molecule has 2 rings (SSSR count). The zero-order valence-electron chi connectivity index (χ0n) is 10.4. The van der Waals surface area contributed by atoms with Crippen molar-refractivity contribution in [2.24, 2.45) is 5.73 Å². The Labute approximate surface area is 106 Å². The van der Waals surface area contributed by atoms with Gasteiger partial charge in [-0.25, -0.2) is 13.4 Å². The number of nitrogens with zero attached hydrogens (tertiary/aromatic N) is 1. The summed E-state index contributed by atoms with van der Waals surface area (Å²) in [6.45, 7) is 3.88. The van der Waals surface area contributed by atoms with Crippen LogP contribution in [0.1, 0.15) is 48.2 Å². The molecule has 1 heterocycles. The lowest BCUT2D eigenvalue weighted by molar-refractivity contribution is 0.558. The first-order valence-corrected chi connectivity index (χ1v) is 8.51. The fraction of sp³-hybridized carbons (Fsp3) is 0.727. The summed E-state index contributed by atoms with van der Waals surface area (Å²) >= 11 is 1.45. The Balaban J connectivity index is 2.38. The van der Waals surface area contributed by atoms with Crippen LogP contribution in [0.25, 0.3) is 0 Å². The van der Waals surface area contributed by atoms with Crippen LogP contribution in [0.15, 0.2) is 0 Å². The minimum atomic E-state index is -3.02. The third-order valence-electron chi connectivity index (χ3n) is 2.63. The van der Waals surface area contributed by atoms with Gasteiger partial charge in [-0.3, -0.25) is 0 Å². The predicted molar refractivity (Wildman–Crippen MR) is 69.9 cm³/mol. The summed E-state index contributed by atoms with van der Waals surface area (Å²) in [5.74, 6) is 0.519. The molecule has 2 N–H and O–H groups in total. The summed E-state index contributed by atoms with van der Waals surface area (Å²) < 4.78 is 22.6. The van der Waals surface area contributed by atoms with E-state index in [-0.39, 0.29) is 5.75 Å². The summed E-state index contributed by atoms with van der Waals surface area (Å²) in [5, 5.41) is 0.669. The van der Waals surface area contributed by atoms with Gasteiger partial charge in [0.2, 0.25) is 0 Å². The lowest BCUT2D eigenvalue weighted by Crippen LogP contribution is -2.28. The van der Waals surface area contributed by atoms with E-state index < -0.39 is 15.4 Å². The van der Waals surface area contributed by atoms with Crippen LogP contribution in [0.5, 0.6) is 0 Å². The van der Waals surface area contributed by atoms with Crippen LogP contribution in [0.2, 0.25) is 0 Å². The monoisotopic (exact) mass is 274 g/mol. The maximum atomic E-state index is 11.3. The Hall–Kier alpha value is -0.460. The van der Waals surface area contributed by atoms with Crippen molar-refractivity contribution in [2.45, 2.75) is 43.9 Å². The minimum absolute atomic E-state index is 0.0213. The maximum Gasteiger partial charge on any atom is 0.153 e. The van der Waals surface area contributed by atoms with Crippen LogP contribution < -0.4 is 5.73 Å². The van der Waals surface area contributed by atoms with Crippen LogP contribution in [-0.2, 0) is 21.1 Å². The number of hydrogen-bond acceptors (Lipinski definition) is 5. The first-order valence-electron chi connectivity index (χ1n) is 5.63. The van der Waals surface area contributed by atoms with Gasteiger partial charge in [0.05, 0.1) is 5.69 Å². The molecule has 1 fully saturated rings. The van der Waals surface area contributed by atoms with E-state index in [4.69, 9.17) is 5.73 Å². The molecule has 6 heteroatoms. The molecule has 0 saturated heterocycles. The quantitative estimate of drug-likeness (QED) is 0.908. The average molecular weight is 274 g/mol. The number of aromatic nitrogens is 1. The lowest BCUT2D eigenvalue weighted by Gasteiger charge is -2.17. The summed E-state index contributed by atoms with van der Waals surface area (Å²) in [7, 11) is -3.02. The number of hydrogen-bond donors (Lipinski definition) is 1. The molecule has 0 amide bonds. The van der Waals surface area contributed by atoms with Gasteiger partial charge in [-0.05, 0) is 26.7 Å². The Morgan fingerprint density at radius 2 is 2.06 bits per heavy atom. The first-order chi connectivity index (χ1) is 7.67. The number of rotatable bonds is 4. The predicted octanol–water partition coefficient (Wildman–Crippen LogP) is 1.76. The molecule has 0 bridgehead atoms. The summed E-state index contributed by atoms with van der Waals surface area (Å²) in [6, 6.07) is 0. The van der Waals surface area contributed by atoms with Gasteiger partial charge in [0.1, 0.15) is 10.8 Å². The van der Waals surface area contributed by atoms with Gasteiger partial charge < -0.3 is 5.73 Å². The van der Waals surface area contributed by atoms with Crippen molar-refractivity contribution in [3.63, 3.8) is 0 Å². The average Bonchev–Trinajstić information content (AvgIpc) is 2.84. The highest BCUT2D eigenvalue weighted by Gasteiger charge is 2.34. The number of nitrogens with two attached hydrogens (primary N) is 1. The van der Waals surface area contributed by atoms with E-state index in [1.54, 1.807) is 0 Å². The van der Waals surface area contributed by atoms with Crippen LogP contribution in [0, 0.1) is 0 Å². The maximum absolute atomic E-state index is 11.3. The second-order valence-electron chi connectivity index (χ2n) is 5.39. The second-order valence-corrected chi connectivity index (χ2v) is 8.61. The molecule has 0 aliphatic heterocycles. The standard InChI is InChI=1S/C11H18N2O2S2/c1-11(2,12)10-9(7-4-5-7)13-8(16-10)6-17(3,14)15/h7H,4-6,12H2,1-3H3. The van der Waals surface area contributed by atoms with E-state index >= 15 is 0 Å². The molecule has 17 heavy (non-hydrogen) atoms. The molecule has 0 aromatic carbocycles. The van der Waals surface area contributed by atoms with Crippen molar-refractivity contribution in [3.05, 3.63) is 15.6 Å². The van der Waals surface area contributed by atoms with Crippen molar-refractivity contribution in [1.82, 2.24) is 4.98 Å². The van der Waals surface area contributed by atoms with Crippen LogP contribution in [0.4, 0.5) is 0 Å². The molecule has 1 aromatic rings. The fourth-order valence-electron chi connectivity index (χ4n) is 1.76. The van der Waals surface area contributed by atoms with E-state index in [9.17, 15) is 8.42 Å². The molecular formula is C11H18N2O2S2. The highest BCUT2D eigenvalue weighted by atomic mass is 32.2. The third-order valence-corrected chi connectivity index (χ3v) is 5.02. The van der Waals surface area contributed by atoms with E-state index in [0.717, 1.165) is 23.4 Å². The largest absolute Gasteiger partial charge is 0.321 e. The zero-order valence-corrected chi connectivity index (χ0v) is 12.0. The van der Waals surface area contributed by atoms with Crippen LogP contribution in [-0.4, -0.2) is 19.7 Å². The molecule has 1 aromatic heterocycles. The van der Waals surface area contributed by atoms with Crippen molar-refractivity contribution in [3.8, 4) is 0 Å². The Morgan fingerprint density at radius 3 is 2.47 bits per heavy atom. The van der Waals surface area contributed by atoms with E-state index in [1.165, 1.54) is 17.6 Å². The van der Waals surface area contributed by atoms with Crippen molar-refractivity contribution in [1.29, 1.82) is 0 Å². The van der Waals surface area contributed by atoms with Gasteiger partial charge in [-0.1, -0.05) is 0 Å². The highest BCUT2D eigenvalue weighted by molar-refractivity contribution is 7.90. The lowest BCUT2D eigenvalue weighted by atomic mass is 10.0. The van der Waals surface area contributed by atoms with E-state index in [2.05, 4.69) is 4.98 Å². The Bertz CT molecular complexity index is 522. The summed E-state index contributed by atoms with van der Waals surface area (Å²) in [5.41, 5.74) is 6.71. The van der Waals surface area contributed by atoms with Crippen molar-refractivity contribution >= 4 is 21.2 Å². The van der Waals surface area contributed by atoms with Gasteiger partial charge >= 0.3 is 0 Å². The molecular weight excluding hydrogens is 256 g/mol. The summed E-state index contributed by atoms with van der Waals surface area (Å²) in [4.78, 5) is 5.52. The molecule has 1 saturated carbocycles. The molecule has 0 unspecified atom stereocenters. The summed E-state index contributed by atoms with van der Waals surface area (Å²) in [6.07, 6.45) is 3.52. The molecule has 0 spiro atoms. The fourth-order valence-corrected chi connectivity index (χ4v) is 4.11. The van der Waals surface area contributed by atoms with Gasteiger partial charge in [-0.15, -0.1) is 11.3 Å². The van der Waals surface area contributed by atoms with Gasteiger partial charge in [0.25, 0.3) is 0 Å². The number of thiazole rings is 1. The Morgan fingerprint density at radius 1 is 1.47 bits per heavy atom. The normalized spacial score (nSPS) is 17.4. The third kappa shape index (κ3) is 3.26. The number of sulfone groups is 1. The highest BCUT2D eigenvalue weighted by Crippen LogP contribution is 2.45. The SMILES string of the molecule is CC(C)(N)c1sc(CS(C)(=O)=O)nc1C1CC1. The molecule has 1 aliphatic rings. The topological polar surface area (TPSA) is 73.1 Å². The van der Waals surface area contributed by atoms with Crippen molar-refractivity contribution in [2.75, 3.05) is 6.26 Å². The van der Waals surface area contributed by atoms with Gasteiger partial charge in [0.15, 0.2) is 9.84 Å². The van der Waals surface area contributed by atoms with Crippen LogP contribution >= 0.6 is 11.3 Å². The molecule has 0 radical (unpaired) electrons. The van der Waals surface area contributed by atoms with Gasteiger partial charge in [0, 0.05) is 22.6 Å². The second kappa shape index (κ2) is 4.03. The molecule has 0 atom stereocenters.